The van der Waals surface area contributed by atoms with Crippen molar-refractivity contribution in [2.24, 2.45) is 16.3 Å². The maximum atomic E-state index is 13.2. The molecule has 2 aliphatic rings. The number of ether oxygens (including phenoxy) is 1. The van der Waals surface area contributed by atoms with Crippen molar-refractivity contribution in [1.82, 2.24) is 4.90 Å². The van der Waals surface area contributed by atoms with Crippen LogP contribution in [0.5, 0.6) is 0 Å². The Morgan fingerprint density at radius 1 is 1.07 bits per heavy atom. The molecule has 14 heteroatoms. The molecule has 0 saturated carbocycles. The van der Waals surface area contributed by atoms with Crippen LogP contribution < -0.4 is 0 Å². The van der Waals surface area contributed by atoms with Gasteiger partial charge < -0.3 is 14.5 Å². The number of benzene rings is 1. The molecule has 0 aromatic heterocycles. The van der Waals surface area contributed by atoms with Gasteiger partial charge >= 0.3 is 12.4 Å². The van der Waals surface area contributed by atoms with Crippen LogP contribution in [0.3, 0.4) is 0 Å². The van der Waals surface area contributed by atoms with Gasteiger partial charge in [-0.15, -0.1) is 11.6 Å². The average molecular weight is 616 g/mol. The van der Waals surface area contributed by atoms with E-state index in [1.165, 1.54) is 7.11 Å². The van der Waals surface area contributed by atoms with Gasteiger partial charge in [0.05, 0.1) is 41.5 Å². The van der Waals surface area contributed by atoms with Crippen LogP contribution in [0.4, 0.5) is 26.3 Å². The number of rotatable bonds is 11. The summed E-state index contributed by atoms with van der Waals surface area (Å²) in [6.45, 7) is 1.28. The first kappa shape index (κ1) is 32.4. The van der Waals surface area contributed by atoms with Gasteiger partial charge in [0.25, 0.3) is 0 Å². The minimum Gasteiger partial charge on any atom is -0.399 e. The van der Waals surface area contributed by atoms with Gasteiger partial charge in [0.2, 0.25) is 0 Å². The summed E-state index contributed by atoms with van der Waals surface area (Å²) in [6, 6.07) is 1.13. The van der Waals surface area contributed by atoms with Gasteiger partial charge in [0.1, 0.15) is 7.11 Å². The van der Waals surface area contributed by atoms with Crippen molar-refractivity contribution in [2.75, 3.05) is 33.4 Å². The zero-order valence-electron chi connectivity index (χ0n) is 21.6. The number of likely N-dealkylation sites (tertiary alicyclic amines) is 1. The van der Waals surface area contributed by atoms with Crippen LogP contribution in [0.15, 0.2) is 51.3 Å². The van der Waals surface area contributed by atoms with Crippen molar-refractivity contribution >= 4 is 28.9 Å². The van der Waals surface area contributed by atoms with E-state index in [9.17, 15) is 31.2 Å². The Morgan fingerprint density at radius 2 is 1.70 bits per heavy atom. The molecule has 1 aliphatic heterocycles. The third-order valence-corrected chi connectivity index (χ3v) is 7.73. The van der Waals surface area contributed by atoms with Crippen molar-refractivity contribution in [3.8, 4) is 0 Å². The minimum absolute atomic E-state index is 0.0715. The molecule has 3 rings (SSSR count). The first-order valence-corrected chi connectivity index (χ1v) is 13.3. The molecule has 1 heterocycles. The van der Waals surface area contributed by atoms with Crippen molar-refractivity contribution < 1.29 is 35.9 Å². The highest BCUT2D eigenvalue weighted by molar-refractivity contribution is 6.37. The summed E-state index contributed by atoms with van der Waals surface area (Å²) in [6.07, 6.45) is -4.16. The van der Waals surface area contributed by atoms with Gasteiger partial charge in [-0.25, -0.2) is 0 Å². The highest BCUT2D eigenvalue weighted by Gasteiger charge is 2.37. The highest BCUT2D eigenvalue weighted by atomic mass is 35.5. The van der Waals surface area contributed by atoms with Crippen LogP contribution in [0.1, 0.15) is 42.4 Å². The molecular formula is C26H29Cl2F6N3O3. The van der Waals surface area contributed by atoms with Gasteiger partial charge in [0.15, 0.2) is 0 Å². The molecule has 1 aliphatic carbocycles. The lowest BCUT2D eigenvalue weighted by Crippen LogP contribution is -2.37. The van der Waals surface area contributed by atoms with E-state index >= 15 is 0 Å². The van der Waals surface area contributed by atoms with Crippen molar-refractivity contribution in [1.29, 1.82) is 0 Å². The quantitative estimate of drug-likeness (QED) is 0.0848. The highest BCUT2D eigenvalue weighted by Crippen LogP contribution is 2.37. The topological polar surface area (TPSA) is 63.5 Å². The summed E-state index contributed by atoms with van der Waals surface area (Å²) in [5.74, 6) is -0.351. The number of hydrogen-bond donors (Lipinski definition) is 0. The monoisotopic (exact) mass is 615 g/mol. The van der Waals surface area contributed by atoms with Crippen LogP contribution in [0.2, 0.25) is 0 Å². The maximum Gasteiger partial charge on any atom is 0.416 e. The number of alkyl halides is 7. The Bertz CT molecular complexity index is 1080. The molecule has 2 unspecified atom stereocenters. The average Bonchev–Trinajstić information content (AvgIpc) is 2.90. The number of nitroso groups, excluding NO2 is 1. The van der Waals surface area contributed by atoms with Gasteiger partial charge in [0, 0.05) is 24.0 Å². The van der Waals surface area contributed by atoms with E-state index in [1.807, 2.05) is 6.08 Å². The molecule has 1 aromatic rings. The Hall–Kier alpha value is -2.15. The van der Waals surface area contributed by atoms with E-state index in [4.69, 9.17) is 32.8 Å². The maximum absolute atomic E-state index is 13.2. The van der Waals surface area contributed by atoms with Crippen LogP contribution in [-0.4, -0.2) is 55.4 Å². The number of oxime groups is 1. The predicted octanol–water partition coefficient (Wildman–Crippen LogP) is 7.54. The lowest BCUT2D eigenvalue weighted by atomic mass is 9.85. The SMILES string of the molecule is CO/N=C(\COCc1cc(C(F)(F)F)cc(C(F)(F)F)c1)C(CCN1CCC(N=O)CC1)C1=CC=C(Cl)C(Cl)C1. The van der Waals surface area contributed by atoms with Gasteiger partial charge in [-0.05, 0) is 62.1 Å². The molecule has 0 bridgehead atoms. The number of nitrogens with zero attached hydrogens (tertiary/aromatic N) is 3. The number of halogens is 8. The third-order valence-electron chi connectivity index (χ3n) is 6.84. The molecule has 6 nitrogen and oxygen atoms in total. The molecule has 0 radical (unpaired) electrons. The predicted molar refractivity (Wildman–Crippen MR) is 140 cm³/mol. The second-order valence-electron chi connectivity index (χ2n) is 9.66. The Morgan fingerprint density at radius 3 is 2.23 bits per heavy atom. The molecule has 0 spiro atoms. The first-order chi connectivity index (χ1) is 18.8. The third kappa shape index (κ3) is 9.19. The number of hydrogen-bond acceptors (Lipinski definition) is 6. The van der Waals surface area contributed by atoms with Crippen molar-refractivity contribution in [3.63, 3.8) is 0 Å². The van der Waals surface area contributed by atoms with Gasteiger partial charge in [-0.3, -0.25) is 0 Å². The second kappa shape index (κ2) is 14.2. The second-order valence-corrected chi connectivity index (χ2v) is 10.6. The zero-order chi connectivity index (χ0) is 29.5. The lowest BCUT2D eigenvalue weighted by molar-refractivity contribution is -0.143. The molecule has 2 atom stereocenters. The summed E-state index contributed by atoms with van der Waals surface area (Å²) in [5.41, 5.74) is -1.83. The summed E-state index contributed by atoms with van der Waals surface area (Å²) < 4.78 is 85.0. The summed E-state index contributed by atoms with van der Waals surface area (Å²) >= 11 is 12.5. The fourth-order valence-corrected chi connectivity index (χ4v) is 5.12. The summed E-state index contributed by atoms with van der Waals surface area (Å²) in [5, 5.41) is 7.22. The number of allylic oxidation sites excluding steroid dienone is 4. The molecular weight excluding hydrogens is 587 g/mol. The smallest absolute Gasteiger partial charge is 0.399 e. The van der Waals surface area contributed by atoms with Crippen molar-refractivity contribution in [2.45, 2.75) is 56.1 Å². The number of piperidine rings is 1. The van der Waals surface area contributed by atoms with E-state index in [-0.39, 0.29) is 30.2 Å². The molecule has 222 valence electrons. The molecule has 40 heavy (non-hydrogen) atoms. The fourth-order valence-electron chi connectivity index (χ4n) is 4.73. The first-order valence-electron chi connectivity index (χ1n) is 12.5. The van der Waals surface area contributed by atoms with Crippen LogP contribution in [0.25, 0.3) is 0 Å². The van der Waals surface area contributed by atoms with Crippen LogP contribution >= 0.6 is 23.2 Å². The Balaban J connectivity index is 1.78. The van der Waals surface area contributed by atoms with E-state index in [0.717, 1.165) is 5.57 Å². The van der Waals surface area contributed by atoms with E-state index in [2.05, 4.69) is 15.2 Å². The van der Waals surface area contributed by atoms with Crippen LogP contribution in [0, 0.1) is 10.8 Å². The molecule has 1 saturated heterocycles. The minimum atomic E-state index is -4.96. The van der Waals surface area contributed by atoms with E-state index < -0.39 is 35.5 Å². The Kier molecular flexibility index (Phi) is 11.5. The summed E-state index contributed by atoms with van der Waals surface area (Å²) in [4.78, 5) is 18.0. The normalized spacial score (nSPS) is 20.6. The molecule has 0 amide bonds. The standard InChI is InChI=1S/C26H29Cl2F6N3O3/c1-39-36-24(15-40-14-16-10-18(25(29,30)31)13-19(11-16)26(32,33)34)21(17-2-3-22(27)23(28)12-17)6-9-37-7-4-20(35-38)5-8-37/h2-3,10-11,13,20-21,23H,4-9,12,14-15H2,1H3/b36-24+. The van der Waals surface area contributed by atoms with E-state index in [1.54, 1.807) is 6.08 Å². The fraction of sp³-hybridized carbons (Fsp3) is 0.577. The molecule has 1 aromatic carbocycles. The zero-order valence-corrected chi connectivity index (χ0v) is 23.1. The van der Waals surface area contributed by atoms with Crippen molar-refractivity contribution in [3.05, 3.63) is 62.6 Å². The van der Waals surface area contributed by atoms with E-state index in [0.29, 0.717) is 68.2 Å². The molecule has 1 fully saturated rings. The molecule has 0 N–H and O–H groups in total. The lowest BCUT2D eigenvalue weighted by Gasteiger charge is -2.31. The summed E-state index contributed by atoms with van der Waals surface area (Å²) in [7, 11) is 1.33. The Labute approximate surface area is 237 Å². The van der Waals surface area contributed by atoms with Crippen LogP contribution in [-0.2, 0) is 28.5 Å². The van der Waals surface area contributed by atoms with Gasteiger partial charge in [-0.1, -0.05) is 33.6 Å². The largest absolute Gasteiger partial charge is 0.416 e. The van der Waals surface area contributed by atoms with Gasteiger partial charge in [-0.2, -0.15) is 31.2 Å².